The molecule has 0 atom stereocenters. The second kappa shape index (κ2) is 6.73. The molecule has 106 valence electrons. The highest BCUT2D eigenvalue weighted by atomic mass is 35.5. The van der Waals surface area contributed by atoms with Gasteiger partial charge in [0.05, 0.1) is 14.2 Å². The van der Waals surface area contributed by atoms with Gasteiger partial charge >= 0.3 is 0 Å². The fraction of sp³-hybridized carbons (Fsp3) is 0.200. The van der Waals surface area contributed by atoms with Gasteiger partial charge in [-0.25, -0.2) is 0 Å². The molecular weight excluding hydrogens is 299 g/mol. The lowest BCUT2D eigenvalue weighted by molar-refractivity contribution is 0.300. The molecule has 0 spiro atoms. The first kappa shape index (κ1) is 14.8. The van der Waals surface area contributed by atoms with Crippen LogP contribution in [-0.2, 0) is 6.61 Å². The minimum absolute atomic E-state index is 0.340. The molecule has 0 radical (unpaired) electrons. The molecule has 0 amide bonds. The van der Waals surface area contributed by atoms with Crippen molar-refractivity contribution in [2.45, 2.75) is 6.61 Å². The van der Waals surface area contributed by atoms with Crippen LogP contribution in [-0.4, -0.2) is 14.2 Å². The fourth-order valence-electron chi connectivity index (χ4n) is 1.66. The van der Waals surface area contributed by atoms with Crippen molar-refractivity contribution in [3.63, 3.8) is 0 Å². The van der Waals surface area contributed by atoms with Crippen molar-refractivity contribution in [2.24, 2.45) is 0 Å². The molecule has 0 aliphatic carbocycles. The number of rotatable bonds is 5. The minimum atomic E-state index is 0.340. The van der Waals surface area contributed by atoms with Gasteiger partial charge in [-0.3, -0.25) is 0 Å². The van der Waals surface area contributed by atoms with Crippen LogP contribution in [0.2, 0.25) is 10.0 Å². The number of methoxy groups -OCH3 is 2. The second-order valence-corrected chi connectivity index (χ2v) is 4.92. The Labute approximate surface area is 128 Å². The zero-order valence-electron chi connectivity index (χ0n) is 11.2. The lowest BCUT2D eigenvalue weighted by Crippen LogP contribution is -1.97. The molecule has 0 fully saturated rings. The first-order valence-corrected chi connectivity index (χ1v) is 6.68. The van der Waals surface area contributed by atoms with E-state index in [2.05, 4.69) is 0 Å². The topological polar surface area (TPSA) is 27.7 Å². The second-order valence-electron chi connectivity index (χ2n) is 4.07. The summed E-state index contributed by atoms with van der Waals surface area (Å²) in [7, 11) is 3.18. The van der Waals surface area contributed by atoms with Gasteiger partial charge in [-0.05, 0) is 12.1 Å². The smallest absolute Gasteiger partial charge is 0.127 e. The van der Waals surface area contributed by atoms with Crippen LogP contribution in [0.3, 0.4) is 0 Å². The van der Waals surface area contributed by atoms with Crippen molar-refractivity contribution in [2.75, 3.05) is 14.2 Å². The van der Waals surface area contributed by atoms with Crippen molar-refractivity contribution in [3.8, 4) is 17.2 Å². The average molecular weight is 313 g/mol. The van der Waals surface area contributed by atoms with E-state index in [0.29, 0.717) is 33.9 Å². The maximum atomic E-state index is 6.10. The van der Waals surface area contributed by atoms with Crippen LogP contribution in [0.5, 0.6) is 17.2 Å². The summed E-state index contributed by atoms with van der Waals surface area (Å²) in [4.78, 5) is 0. The summed E-state index contributed by atoms with van der Waals surface area (Å²) in [5, 5.41) is 1.18. The summed E-state index contributed by atoms with van der Waals surface area (Å²) >= 11 is 12.0. The van der Waals surface area contributed by atoms with Gasteiger partial charge in [-0.15, -0.1) is 0 Å². The van der Waals surface area contributed by atoms with Crippen LogP contribution in [0.25, 0.3) is 0 Å². The Bertz CT molecular complexity index is 577. The lowest BCUT2D eigenvalue weighted by Gasteiger charge is -2.11. The normalized spacial score (nSPS) is 10.2. The molecule has 20 heavy (non-hydrogen) atoms. The van der Waals surface area contributed by atoms with E-state index in [1.54, 1.807) is 44.6 Å². The van der Waals surface area contributed by atoms with E-state index < -0.39 is 0 Å². The highest BCUT2D eigenvalue weighted by molar-refractivity contribution is 6.35. The molecular formula is C15H14Cl2O3. The Morgan fingerprint density at radius 2 is 1.45 bits per heavy atom. The Morgan fingerprint density at radius 3 is 2.00 bits per heavy atom. The quantitative estimate of drug-likeness (QED) is 0.808. The highest BCUT2D eigenvalue weighted by Crippen LogP contribution is 2.29. The molecule has 0 heterocycles. The van der Waals surface area contributed by atoms with Crippen molar-refractivity contribution < 1.29 is 14.2 Å². The van der Waals surface area contributed by atoms with Crippen LogP contribution < -0.4 is 14.2 Å². The molecule has 0 bridgehead atoms. The molecule has 2 aromatic carbocycles. The van der Waals surface area contributed by atoms with Crippen molar-refractivity contribution in [1.82, 2.24) is 0 Å². The summed E-state index contributed by atoms with van der Waals surface area (Å²) in [6, 6.07) is 10.6. The predicted octanol–water partition coefficient (Wildman–Crippen LogP) is 4.59. The zero-order valence-corrected chi connectivity index (χ0v) is 12.7. The van der Waals surface area contributed by atoms with Gasteiger partial charge in [0.15, 0.2) is 0 Å². The van der Waals surface area contributed by atoms with E-state index in [4.69, 9.17) is 37.4 Å². The number of hydrogen-bond acceptors (Lipinski definition) is 3. The molecule has 0 aliphatic rings. The van der Waals surface area contributed by atoms with Crippen molar-refractivity contribution in [3.05, 3.63) is 52.0 Å². The Kier molecular flexibility index (Phi) is 4.99. The molecule has 0 aliphatic heterocycles. The standard InChI is InChI=1S/C15H14Cl2O3/c1-18-12-6-13(19-2)8-14(7-12)20-9-10-3-4-11(16)5-15(10)17/h3-8H,9H2,1-2H3. The van der Waals surface area contributed by atoms with E-state index in [-0.39, 0.29) is 0 Å². The molecule has 0 unspecified atom stereocenters. The van der Waals surface area contributed by atoms with Gasteiger partial charge in [-0.2, -0.15) is 0 Å². The van der Waals surface area contributed by atoms with Crippen LogP contribution in [0.1, 0.15) is 5.56 Å². The van der Waals surface area contributed by atoms with E-state index in [1.165, 1.54) is 0 Å². The van der Waals surface area contributed by atoms with Crippen LogP contribution in [0, 0.1) is 0 Å². The molecule has 0 aromatic heterocycles. The Hall–Kier alpha value is -1.58. The minimum Gasteiger partial charge on any atom is -0.496 e. The molecule has 3 nitrogen and oxygen atoms in total. The third-order valence-electron chi connectivity index (χ3n) is 2.73. The summed E-state index contributed by atoms with van der Waals surface area (Å²) < 4.78 is 16.1. The third kappa shape index (κ3) is 3.71. The Morgan fingerprint density at radius 1 is 0.850 bits per heavy atom. The molecule has 0 saturated heterocycles. The summed E-state index contributed by atoms with van der Waals surface area (Å²) in [6.07, 6.45) is 0. The van der Waals surface area contributed by atoms with Crippen molar-refractivity contribution in [1.29, 1.82) is 0 Å². The van der Waals surface area contributed by atoms with E-state index in [9.17, 15) is 0 Å². The Balaban J connectivity index is 2.13. The third-order valence-corrected chi connectivity index (χ3v) is 3.32. The first-order chi connectivity index (χ1) is 9.62. The zero-order chi connectivity index (χ0) is 14.5. The van der Waals surface area contributed by atoms with E-state index in [0.717, 1.165) is 5.56 Å². The monoisotopic (exact) mass is 312 g/mol. The molecule has 2 aromatic rings. The maximum absolute atomic E-state index is 6.10. The van der Waals surface area contributed by atoms with E-state index >= 15 is 0 Å². The molecule has 0 N–H and O–H groups in total. The highest BCUT2D eigenvalue weighted by Gasteiger charge is 2.05. The number of benzene rings is 2. The summed E-state index contributed by atoms with van der Waals surface area (Å²) in [6.45, 7) is 0.340. The van der Waals surface area contributed by atoms with Gasteiger partial charge in [0.25, 0.3) is 0 Å². The van der Waals surface area contributed by atoms with Gasteiger partial charge in [0.2, 0.25) is 0 Å². The van der Waals surface area contributed by atoms with Gasteiger partial charge in [0, 0.05) is 33.8 Å². The first-order valence-electron chi connectivity index (χ1n) is 5.92. The number of ether oxygens (including phenoxy) is 3. The van der Waals surface area contributed by atoms with Gasteiger partial charge in [0.1, 0.15) is 23.9 Å². The van der Waals surface area contributed by atoms with Gasteiger partial charge in [-0.1, -0.05) is 29.3 Å². The van der Waals surface area contributed by atoms with Crippen LogP contribution >= 0.6 is 23.2 Å². The maximum Gasteiger partial charge on any atom is 0.127 e. The van der Waals surface area contributed by atoms with Gasteiger partial charge < -0.3 is 14.2 Å². The van der Waals surface area contributed by atoms with Crippen LogP contribution in [0.15, 0.2) is 36.4 Å². The number of halogens is 2. The molecule has 5 heteroatoms. The summed E-state index contributed by atoms with van der Waals surface area (Å²) in [5.41, 5.74) is 0.859. The van der Waals surface area contributed by atoms with E-state index in [1.807, 2.05) is 6.07 Å². The largest absolute Gasteiger partial charge is 0.496 e. The predicted molar refractivity (Wildman–Crippen MR) is 80.3 cm³/mol. The SMILES string of the molecule is COc1cc(OC)cc(OCc2ccc(Cl)cc2Cl)c1. The number of hydrogen-bond donors (Lipinski definition) is 0. The average Bonchev–Trinajstić information content (AvgIpc) is 2.46. The molecule has 2 rings (SSSR count). The molecule has 0 saturated carbocycles. The fourth-order valence-corrected chi connectivity index (χ4v) is 2.13. The van der Waals surface area contributed by atoms with Crippen molar-refractivity contribution >= 4 is 23.2 Å². The summed E-state index contributed by atoms with van der Waals surface area (Å²) in [5.74, 6) is 1.98. The lowest BCUT2D eigenvalue weighted by atomic mass is 10.2. The van der Waals surface area contributed by atoms with Crippen LogP contribution in [0.4, 0.5) is 0 Å².